The molecule has 0 radical (unpaired) electrons. The summed E-state index contributed by atoms with van der Waals surface area (Å²) in [6, 6.07) is 1.39. The van der Waals surface area contributed by atoms with E-state index in [0.29, 0.717) is 16.8 Å². The summed E-state index contributed by atoms with van der Waals surface area (Å²) < 4.78 is 0.528. The third-order valence-corrected chi connectivity index (χ3v) is 2.80. The van der Waals surface area contributed by atoms with Crippen LogP contribution >= 0.6 is 15.9 Å². The molecule has 0 aromatic carbocycles. The summed E-state index contributed by atoms with van der Waals surface area (Å²) in [5, 5.41) is 22.6. The van der Waals surface area contributed by atoms with Crippen LogP contribution in [-0.4, -0.2) is 28.2 Å². The molecule has 17 heavy (non-hydrogen) atoms. The predicted octanol–water partition coefficient (Wildman–Crippen LogP) is 2.18. The van der Waals surface area contributed by atoms with Crippen LogP contribution in [0.2, 0.25) is 0 Å². The predicted molar refractivity (Wildman–Crippen MR) is 67.9 cm³/mol. The second-order valence-corrected chi connectivity index (χ2v) is 5.31. The molecule has 0 saturated carbocycles. The Morgan fingerprint density at radius 1 is 1.65 bits per heavy atom. The molecule has 0 saturated heterocycles. The summed E-state index contributed by atoms with van der Waals surface area (Å²) in [7, 11) is 0. The maximum atomic E-state index is 10.5. The van der Waals surface area contributed by atoms with Crippen molar-refractivity contribution in [1.29, 1.82) is 0 Å². The van der Waals surface area contributed by atoms with Gasteiger partial charge in [-0.05, 0) is 15.9 Å². The SMILES string of the molecule is CC(C)(CO)CNc1ncc([N+](=O)[O-])cc1Br. The van der Waals surface area contributed by atoms with Gasteiger partial charge in [0.05, 0.1) is 9.40 Å². The Bertz CT molecular complexity index is 423. The number of rotatable bonds is 5. The van der Waals surface area contributed by atoms with E-state index >= 15 is 0 Å². The van der Waals surface area contributed by atoms with Crippen molar-refractivity contribution in [3.63, 3.8) is 0 Å². The number of nitro groups is 1. The molecule has 1 heterocycles. The lowest BCUT2D eigenvalue weighted by Crippen LogP contribution is -2.27. The van der Waals surface area contributed by atoms with Crippen molar-refractivity contribution in [2.75, 3.05) is 18.5 Å². The molecule has 0 aliphatic rings. The largest absolute Gasteiger partial charge is 0.396 e. The molecular formula is C10H14BrN3O3. The molecule has 0 spiro atoms. The molecule has 0 aliphatic heterocycles. The highest BCUT2D eigenvalue weighted by Crippen LogP contribution is 2.25. The number of nitrogens with one attached hydrogen (secondary N) is 1. The van der Waals surface area contributed by atoms with Crippen LogP contribution in [0, 0.1) is 15.5 Å². The lowest BCUT2D eigenvalue weighted by Gasteiger charge is -2.22. The fourth-order valence-electron chi connectivity index (χ4n) is 1.04. The summed E-state index contributed by atoms with van der Waals surface area (Å²) in [6.07, 6.45) is 1.19. The number of pyridine rings is 1. The lowest BCUT2D eigenvalue weighted by atomic mass is 9.95. The van der Waals surface area contributed by atoms with Gasteiger partial charge < -0.3 is 10.4 Å². The highest BCUT2D eigenvalue weighted by Gasteiger charge is 2.17. The molecule has 0 amide bonds. The first kappa shape index (κ1) is 13.9. The number of hydrogen-bond acceptors (Lipinski definition) is 5. The Hall–Kier alpha value is -1.21. The number of hydrogen-bond donors (Lipinski definition) is 2. The Morgan fingerprint density at radius 3 is 2.76 bits per heavy atom. The van der Waals surface area contributed by atoms with Gasteiger partial charge in [0.25, 0.3) is 5.69 Å². The molecule has 94 valence electrons. The van der Waals surface area contributed by atoms with Gasteiger partial charge in [-0.25, -0.2) is 4.98 Å². The molecule has 6 nitrogen and oxygen atoms in total. The first-order valence-electron chi connectivity index (χ1n) is 5.00. The molecule has 0 fully saturated rings. The van der Waals surface area contributed by atoms with E-state index in [1.165, 1.54) is 12.3 Å². The zero-order valence-electron chi connectivity index (χ0n) is 9.61. The smallest absolute Gasteiger partial charge is 0.288 e. The number of halogens is 1. The van der Waals surface area contributed by atoms with Crippen LogP contribution in [0.3, 0.4) is 0 Å². The van der Waals surface area contributed by atoms with Gasteiger partial charge in [-0.3, -0.25) is 10.1 Å². The van der Waals surface area contributed by atoms with E-state index in [1.54, 1.807) is 0 Å². The third-order valence-electron chi connectivity index (χ3n) is 2.20. The summed E-state index contributed by atoms with van der Waals surface area (Å²) in [6.45, 7) is 4.37. The molecular weight excluding hydrogens is 290 g/mol. The van der Waals surface area contributed by atoms with Crippen molar-refractivity contribution in [2.45, 2.75) is 13.8 Å². The molecule has 0 bridgehead atoms. The number of nitrogens with zero attached hydrogens (tertiary/aromatic N) is 2. The van der Waals surface area contributed by atoms with Crippen molar-refractivity contribution in [2.24, 2.45) is 5.41 Å². The minimum atomic E-state index is -0.501. The van der Waals surface area contributed by atoms with Gasteiger partial charge >= 0.3 is 0 Å². The second-order valence-electron chi connectivity index (χ2n) is 4.46. The van der Waals surface area contributed by atoms with Crippen LogP contribution in [0.4, 0.5) is 11.5 Å². The monoisotopic (exact) mass is 303 g/mol. The highest BCUT2D eigenvalue weighted by atomic mass is 79.9. The summed E-state index contributed by atoms with van der Waals surface area (Å²) in [5.74, 6) is 0.525. The van der Waals surface area contributed by atoms with Gasteiger partial charge in [0, 0.05) is 24.6 Å². The number of anilines is 1. The van der Waals surface area contributed by atoms with Gasteiger partial charge in [-0.2, -0.15) is 0 Å². The van der Waals surface area contributed by atoms with E-state index in [-0.39, 0.29) is 17.7 Å². The van der Waals surface area contributed by atoms with Gasteiger partial charge in [-0.15, -0.1) is 0 Å². The molecule has 2 N–H and O–H groups in total. The minimum absolute atomic E-state index is 0.0462. The van der Waals surface area contributed by atoms with E-state index in [0.717, 1.165) is 0 Å². The van der Waals surface area contributed by atoms with Gasteiger partial charge in [0.2, 0.25) is 0 Å². The van der Waals surface area contributed by atoms with Crippen LogP contribution in [0.25, 0.3) is 0 Å². The van der Waals surface area contributed by atoms with Crippen molar-refractivity contribution in [3.8, 4) is 0 Å². The normalized spacial score (nSPS) is 11.3. The topological polar surface area (TPSA) is 88.3 Å². The minimum Gasteiger partial charge on any atom is -0.396 e. The Kier molecular flexibility index (Phi) is 4.41. The maximum Gasteiger partial charge on any atom is 0.288 e. The first-order chi connectivity index (χ1) is 7.85. The van der Waals surface area contributed by atoms with Crippen molar-refractivity contribution in [1.82, 2.24) is 4.98 Å². The van der Waals surface area contributed by atoms with E-state index in [4.69, 9.17) is 5.11 Å². The second kappa shape index (κ2) is 5.42. The number of aliphatic hydroxyl groups is 1. The molecule has 0 unspecified atom stereocenters. The first-order valence-corrected chi connectivity index (χ1v) is 5.80. The molecule has 1 rings (SSSR count). The van der Waals surface area contributed by atoms with Crippen LogP contribution in [-0.2, 0) is 0 Å². The van der Waals surface area contributed by atoms with Crippen molar-refractivity contribution >= 4 is 27.4 Å². The van der Waals surface area contributed by atoms with Gasteiger partial charge in [0.15, 0.2) is 0 Å². The molecule has 1 aromatic heterocycles. The van der Waals surface area contributed by atoms with Crippen molar-refractivity contribution < 1.29 is 10.0 Å². The molecule has 0 aliphatic carbocycles. The average molecular weight is 304 g/mol. The Morgan fingerprint density at radius 2 is 2.29 bits per heavy atom. The Balaban J connectivity index is 2.77. The van der Waals surface area contributed by atoms with Crippen LogP contribution in [0.1, 0.15) is 13.8 Å². The lowest BCUT2D eigenvalue weighted by molar-refractivity contribution is -0.385. The average Bonchev–Trinajstić information content (AvgIpc) is 2.27. The van der Waals surface area contributed by atoms with Crippen LogP contribution < -0.4 is 5.32 Å². The van der Waals surface area contributed by atoms with E-state index in [9.17, 15) is 10.1 Å². The van der Waals surface area contributed by atoms with E-state index < -0.39 is 4.92 Å². The number of aromatic nitrogens is 1. The van der Waals surface area contributed by atoms with Crippen molar-refractivity contribution in [3.05, 3.63) is 26.9 Å². The number of aliphatic hydroxyl groups excluding tert-OH is 1. The van der Waals surface area contributed by atoms with E-state index in [2.05, 4.69) is 26.2 Å². The summed E-state index contributed by atoms with van der Waals surface area (Å²) >= 11 is 3.21. The fourth-order valence-corrected chi connectivity index (χ4v) is 1.51. The Labute approximate surface area is 107 Å². The highest BCUT2D eigenvalue weighted by molar-refractivity contribution is 9.10. The van der Waals surface area contributed by atoms with Crippen LogP contribution in [0.15, 0.2) is 16.7 Å². The van der Waals surface area contributed by atoms with Crippen LogP contribution in [0.5, 0.6) is 0 Å². The quantitative estimate of drug-likeness (QED) is 0.643. The molecule has 1 aromatic rings. The maximum absolute atomic E-state index is 10.5. The van der Waals surface area contributed by atoms with Gasteiger partial charge in [-0.1, -0.05) is 13.8 Å². The zero-order chi connectivity index (χ0) is 13.1. The summed E-state index contributed by atoms with van der Waals surface area (Å²) in [5.41, 5.74) is -0.341. The standard InChI is InChI=1S/C10H14BrN3O3/c1-10(2,6-15)5-13-9-8(11)3-7(4-12-9)14(16)17/h3-4,15H,5-6H2,1-2H3,(H,12,13). The summed E-state index contributed by atoms with van der Waals surface area (Å²) in [4.78, 5) is 14.0. The molecule has 0 atom stereocenters. The third kappa shape index (κ3) is 3.94. The fraction of sp³-hybridized carbons (Fsp3) is 0.500. The van der Waals surface area contributed by atoms with E-state index in [1.807, 2.05) is 13.8 Å². The molecule has 7 heteroatoms. The zero-order valence-corrected chi connectivity index (χ0v) is 11.2. The van der Waals surface area contributed by atoms with Gasteiger partial charge in [0.1, 0.15) is 12.0 Å².